The fourth-order valence-electron chi connectivity index (χ4n) is 2.05. The summed E-state index contributed by atoms with van der Waals surface area (Å²) in [5.41, 5.74) is -2.80. The van der Waals surface area contributed by atoms with Crippen molar-refractivity contribution < 1.29 is 28.7 Å². The van der Waals surface area contributed by atoms with E-state index >= 15 is 0 Å². The molecule has 0 saturated carbocycles. The van der Waals surface area contributed by atoms with Gasteiger partial charge in [0.2, 0.25) is 11.8 Å². The van der Waals surface area contributed by atoms with E-state index in [0.29, 0.717) is 0 Å². The summed E-state index contributed by atoms with van der Waals surface area (Å²) in [5, 5.41) is 5.53. The van der Waals surface area contributed by atoms with Gasteiger partial charge in [-0.3, -0.25) is 19.2 Å². The molecule has 0 aliphatic heterocycles. The predicted octanol–water partition coefficient (Wildman–Crippen LogP) is 5.56. The van der Waals surface area contributed by atoms with Crippen LogP contribution in [-0.2, 0) is 19.2 Å². The van der Waals surface area contributed by atoms with Gasteiger partial charge in [0.05, 0.1) is 22.2 Å². The Morgan fingerprint density at radius 2 is 0.824 bits per heavy atom. The molecule has 0 aromatic heterocycles. The third-order valence-corrected chi connectivity index (χ3v) is 4.57. The van der Waals surface area contributed by atoms with Gasteiger partial charge in [-0.25, -0.2) is 0 Å². The minimum atomic E-state index is -0.827. The van der Waals surface area contributed by atoms with Gasteiger partial charge in [0.25, 0.3) is 0 Å². The van der Waals surface area contributed by atoms with E-state index in [1.165, 1.54) is 12.1 Å². The van der Waals surface area contributed by atoms with E-state index in [0.717, 1.165) is 0 Å². The van der Waals surface area contributed by atoms with Crippen molar-refractivity contribution in [3.8, 4) is 11.5 Å². The highest BCUT2D eigenvalue weighted by Gasteiger charge is 2.31. The summed E-state index contributed by atoms with van der Waals surface area (Å²) in [7, 11) is 0. The van der Waals surface area contributed by atoms with Crippen molar-refractivity contribution in [2.75, 3.05) is 10.6 Å². The molecule has 0 aliphatic carbocycles. The number of esters is 2. The first-order valence-corrected chi connectivity index (χ1v) is 11.3. The first kappa shape index (κ1) is 29.1. The van der Waals surface area contributed by atoms with E-state index in [2.05, 4.69) is 10.6 Å². The molecule has 2 N–H and O–H groups in total. The summed E-state index contributed by atoms with van der Waals surface area (Å²) < 4.78 is 11.2. The maximum absolute atomic E-state index is 12.7. The lowest BCUT2D eigenvalue weighted by molar-refractivity contribution is -0.143. The molecule has 0 spiro atoms. The summed E-state index contributed by atoms with van der Waals surface area (Å²) in [5.74, 6) is -1.73. The van der Waals surface area contributed by atoms with E-state index < -0.39 is 33.6 Å². The third-order valence-electron chi connectivity index (χ3n) is 4.57. The maximum Gasteiger partial charge on any atom is 0.316 e. The molecule has 1 aromatic rings. The van der Waals surface area contributed by atoms with Crippen LogP contribution in [0.25, 0.3) is 0 Å². The lowest BCUT2D eigenvalue weighted by Crippen LogP contribution is -2.31. The Hall–Kier alpha value is -2.90. The monoisotopic (exact) mass is 476 g/mol. The van der Waals surface area contributed by atoms with Gasteiger partial charge in [-0.1, -0.05) is 41.5 Å². The fourth-order valence-corrected chi connectivity index (χ4v) is 2.05. The molecule has 0 bridgehead atoms. The first-order chi connectivity index (χ1) is 15.0. The number of nitrogens with one attached hydrogen (secondary N) is 2. The Kier molecular flexibility index (Phi) is 8.36. The summed E-state index contributed by atoms with van der Waals surface area (Å²) in [4.78, 5) is 50.7. The zero-order valence-corrected chi connectivity index (χ0v) is 22.6. The number of anilines is 2. The molecule has 0 atom stereocenters. The summed E-state index contributed by atoms with van der Waals surface area (Å²) in [6, 6.07) is 2.77. The molecule has 0 saturated heterocycles. The van der Waals surface area contributed by atoms with Crippen LogP contribution < -0.4 is 20.1 Å². The second-order valence-corrected chi connectivity index (χ2v) is 12.5. The van der Waals surface area contributed by atoms with Crippen LogP contribution in [0.1, 0.15) is 83.1 Å². The SMILES string of the molecule is CC(C)(C)C(=O)Nc1cc(NC(=O)C(C)(C)C)c(OC(=O)C(C)(C)C)cc1OC(=O)C(C)(C)C. The van der Waals surface area contributed by atoms with E-state index in [1.54, 1.807) is 83.1 Å². The Morgan fingerprint density at radius 1 is 0.529 bits per heavy atom. The van der Waals surface area contributed by atoms with Crippen molar-refractivity contribution in [1.82, 2.24) is 0 Å². The molecule has 1 aromatic carbocycles. The van der Waals surface area contributed by atoms with Gasteiger partial charge in [-0.2, -0.15) is 0 Å². The number of ether oxygens (including phenoxy) is 2. The molecular weight excluding hydrogens is 436 g/mol. The van der Waals surface area contributed by atoms with E-state index in [1.807, 2.05) is 0 Å². The number of rotatable bonds is 4. The number of hydrogen-bond acceptors (Lipinski definition) is 6. The quantitative estimate of drug-likeness (QED) is 0.435. The molecule has 0 fully saturated rings. The van der Waals surface area contributed by atoms with Crippen molar-refractivity contribution in [3.05, 3.63) is 12.1 Å². The van der Waals surface area contributed by atoms with Crippen LogP contribution in [0.15, 0.2) is 12.1 Å². The Morgan fingerprint density at radius 3 is 1.06 bits per heavy atom. The highest BCUT2D eigenvalue weighted by atomic mass is 16.5. The summed E-state index contributed by atoms with van der Waals surface area (Å²) in [6.45, 7) is 20.6. The van der Waals surface area contributed by atoms with Gasteiger partial charge in [-0.15, -0.1) is 0 Å². The molecule has 34 heavy (non-hydrogen) atoms. The average Bonchev–Trinajstić information content (AvgIpc) is 2.61. The zero-order valence-electron chi connectivity index (χ0n) is 22.6. The van der Waals surface area contributed by atoms with Crippen LogP contribution in [0.5, 0.6) is 11.5 Å². The van der Waals surface area contributed by atoms with Gasteiger partial charge < -0.3 is 20.1 Å². The number of amides is 2. The van der Waals surface area contributed by atoms with Crippen LogP contribution >= 0.6 is 0 Å². The van der Waals surface area contributed by atoms with Gasteiger partial charge in [-0.05, 0) is 47.6 Å². The molecule has 0 heterocycles. The van der Waals surface area contributed by atoms with Gasteiger partial charge in [0, 0.05) is 16.9 Å². The average molecular weight is 477 g/mol. The van der Waals surface area contributed by atoms with E-state index in [-0.39, 0.29) is 34.7 Å². The minimum absolute atomic E-state index is 0.00277. The lowest BCUT2D eigenvalue weighted by atomic mass is 9.95. The second-order valence-electron chi connectivity index (χ2n) is 12.5. The number of carbonyl (C=O) groups is 4. The van der Waals surface area contributed by atoms with Crippen LogP contribution in [0, 0.1) is 21.7 Å². The first-order valence-electron chi connectivity index (χ1n) is 11.3. The Balaban J connectivity index is 3.72. The van der Waals surface area contributed by atoms with Crippen molar-refractivity contribution in [2.45, 2.75) is 83.1 Å². The molecule has 8 heteroatoms. The molecule has 2 amide bonds. The second kappa shape index (κ2) is 9.76. The maximum atomic E-state index is 12.7. The van der Waals surface area contributed by atoms with Gasteiger partial charge in [0.1, 0.15) is 0 Å². The predicted molar refractivity (Wildman–Crippen MR) is 133 cm³/mol. The number of benzene rings is 1. The summed E-state index contributed by atoms with van der Waals surface area (Å²) in [6.07, 6.45) is 0. The Labute approximate surface area is 203 Å². The normalized spacial score (nSPS) is 12.6. The van der Waals surface area contributed by atoms with Gasteiger partial charge in [0.15, 0.2) is 11.5 Å². The van der Waals surface area contributed by atoms with Crippen molar-refractivity contribution in [1.29, 1.82) is 0 Å². The molecule has 8 nitrogen and oxygen atoms in total. The summed E-state index contributed by atoms with van der Waals surface area (Å²) >= 11 is 0. The van der Waals surface area contributed by atoms with Gasteiger partial charge >= 0.3 is 11.9 Å². The van der Waals surface area contributed by atoms with Crippen molar-refractivity contribution >= 4 is 35.1 Å². The molecule has 0 aliphatic rings. The van der Waals surface area contributed by atoms with E-state index in [4.69, 9.17) is 9.47 Å². The van der Waals surface area contributed by atoms with Crippen LogP contribution in [0.3, 0.4) is 0 Å². The third kappa shape index (κ3) is 8.15. The standard InChI is InChI=1S/C26H40N2O6/c1-23(2,3)19(29)27-15-13-16(28-20(30)24(4,5)6)18(34-22(32)26(10,11)12)14-17(15)33-21(31)25(7,8)9/h13-14H,1-12H3,(H,27,29)(H,28,30). The largest absolute Gasteiger partial charge is 0.424 e. The highest BCUT2D eigenvalue weighted by molar-refractivity contribution is 6.01. The van der Waals surface area contributed by atoms with Crippen LogP contribution in [0.2, 0.25) is 0 Å². The number of carbonyl (C=O) groups excluding carboxylic acids is 4. The highest BCUT2D eigenvalue weighted by Crippen LogP contribution is 2.40. The Bertz CT molecular complexity index is 813. The van der Waals surface area contributed by atoms with E-state index in [9.17, 15) is 19.2 Å². The minimum Gasteiger partial charge on any atom is -0.424 e. The topological polar surface area (TPSA) is 111 Å². The zero-order chi connectivity index (χ0) is 26.9. The fraction of sp³-hybridized carbons (Fsp3) is 0.615. The smallest absolute Gasteiger partial charge is 0.316 e. The lowest BCUT2D eigenvalue weighted by Gasteiger charge is -2.25. The number of hydrogen-bond donors (Lipinski definition) is 2. The molecule has 0 unspecified atom stereocenters. The molecule has 190 valence electrons. The molecule has 1 rings (SSSR count). The van der Waals surface area contributed by atoms with Crippen LogP contribution in [0.4, 0.5) is 11.4 Å². The molecular formula is C26H40N2O6. The van der Waals surface area contributed by atoms with Crippen LogP contribution in [-0.4, -0.2) is 23.8 Å². The van der Waals surface area contributed by atoms with Crippen molar-refractivity contribution in [2.24, 2.45) is 21.7 Å². The molecule has 0 radical (unpaired) electrons. The van der Waals surface area contributed by atoms with Crippen molar-refractivity contribution in [3.63, 3.8) is 0 Å².